The van der Waals surface area contributed by atoms with Crippen LogP contribution in [0.4, 0.5) is 0 Å². The summed E-state index contributed by atoms with van der Waals surface area (Å²) in [6.45, 7) is 0.735. The van der Waals surface area contributed by atoms with Gasteiger partial charge in [-0.25, -0.2) is 4.98 Å². The first kappa shape index (κ1) is 8.19. The molecule has 0 aliphatic carbocycles. The normalized spacial score (nSPS) is 22.8. The van der Waals surface area contributed by atoms with Crippen LogP contribution in [0.3, 0.4) is 0 Å². The van der Waals surface area contributed by atoms with E-state index in [0.29, 0.717) is 6.42 Å². The lowest BCUT2D eigenvalue weighted by molar-refractivity contribution is -0.119. The predicted octanol–water partition coefficient (Wildman–Crippen LogP) is 1.51. The lowest BCUT2D eigenvalue weighted by Gasteiger charge is -1.99. The highest BCUT2D eigenvalue weighted by Crippen LogP contribution is 2.29. The fraction of sp³-hybridized carbons (Fsp3) is 0.429. The Morgan fingerprint density at radius 1 is 1.75 bits per heavy atom. The zero-order chi connectivity index (χ0) is 8.55. The summed E-state index contributed by atoms with van der Waals surface area (Å²) < 4.78 is 1.02. The first-order valence-corrected chi connectivity index (χ1v) is 5.24. The molecule has 1 atom stereocenters. The maximum atomic E-state index is 10.9. The van der Waals surface area contributed by atoms with Gasteiger partial charge in [-0.15, -0.1) is 11.3 Å². The first-order valence-electron chi connectivity index (χ1n) is 3.63. The molecule has 64 valence electrons. The van der Waals surface area contributed by atoms with Gasteiger partial charge in [-0.2, -0.15) is 0 Å². The lowest BCUT2D eigenvalue weighted by Crippen LogP contribution is -2.13. The zero-order valence-corrected chi connectivity index (χ0v) is 8.61. The van der Waals surface area contributed by atoms with Gasteiger partial charge in [0.25, 0.3) is 0 Å². The van der Waals surface area contributed by atoms with Crippen LogP contribution in [0.2, 0.25) is 0 Å². The molecular formula is C7H7BrN2OS. The Kier molecular flexibility index (Phi) is 2.14. The van der Waals surface area contributed by atoms with E-state index in [1.165, 1.54) is 0 Å². The molecule has 1 aliphatic heterocycles. The Morgan fingerprint density at radius 3 is 3.08 bits per heavy atom. The molecule has 1 aromatic heterocycles. The average Bonchev–Trinajstić information content (AvgIpc) is 2.58. The topological polar surface area (TPSA) is 42.0 Å². The van der Waals surface area contributed by atoms with Crippen LogP contribution in [0.1, 0.15) is 17.3 Å². The van der Waals surface area contributed by atoms with Gasteiger partial charge in [0, 0.05) is 18.9 Å². The lowest BCUT2D eigenvalue weighted by atomic mass is 10.1. The number of thiazole rings is 1. The largest absolute Gasteiger partial charge is 0.355 e. The fourth-order valence-corrected chi connectivity index (χ4v) is 2.58. The maximum Gasteiger partial charge on any atom is 0.220 e. The smallest absolute Gasteiger partial charge is 0.220 e. The average molecular weight is 247 g/mol. The molecule has 12 heavy (non-hydrogen) atoms. The molecule has 1 N–H and O–H groups in total. The maximum absolute atomic E-state index is 10.9. The Hall–Kier alpha value is -0.420. The summed E-state index contributed by atoms with van der Waals surface area (Å²) in [6.07, 6.45) is 2.36. The number of aromatic nitrogens is 1. The second-order valence-electron chi connectivity index (χ2n) is 2.71. The molecule has 1 amide bonds. The quantitative estimate of drug-likeness (QED) is 0.817. The number of carbonyl (C=O) groups is 1. The molecule has 0 radical (unpaired) electrons. The van der Waals surface area contributed by atoms with Crippen LogP contribution in [0.15, 0.2) is 9.98 Å². The molecule has 1 aromatic rings. The third kappa shape index (κ3) is 1.51. The highest BCUT2D eigenvalue weighted by molar-refractivity contribution is 9.11. The highest BCUT2D eigenvalue weighted by Gasteiger charge is 2.25. The highest BCUT2D eigenvalue weighted by atomic mass is 79.9. The number of nitrogens with zero attached hydrogens (tertiary/aromatic N) is 1. The van der Waals surface area contributed by atoms with E-state index in [4.69, 9.17) is 0 Å². The minimum absolute atomic E-state index is 0.131. The summed E-state index contributed by atoms with van der Waals surface area (Å²) >= 11 is 4.95. The Morgan fingerprint density at radius 2 is 2.58 bits per heavy atom. The third-order valence-corrected chi connectivity index (χ3v) is 3.46. The van der Waals surface area contributed by atoms with E-state index in [9.17, 15) is 4.79 Å². The van der Waals surface area contributed by atoms with Crippen molar-refractivity contribution in [3.63, 3.8) is 0 Å². The SMILES string of the molecule is O=C1CC(c2ncc(Br)s2)CN1. The van der Waals surface area contributed by atoms with E-state index < -0.39 is 0 Å². The molecule has 5 heteroatoms. The van der Waals surface area contributed by atoms with Gasteiger partial charge < -0.3 is 5.32 Å². The molecule has 3 nitrogen and oxygen atoms in total. The number of carbonyl (C=O) groups excluding carboxylic acids is 1. The molecule has 0 aromatic carbocycles. The van der Waals surface area contributed by atoms with Crippen molar-refractivity contribution in [2.24, 2.45) is 0 Å². The number of halogens is 1. The van der Waals surface area contributed by atoms with Gasteiger partial charge in [0.2, 0.25) is 5.91 Å². The molecule has 0 bridgehead atoms. The summed E-state index contributed by atoms with van der Waals surface area (Å²) in [5, 5.41) is 3.83. The standard InChI is InChI=1S/C7H7BrN2OS/c8-5-3-10-7(12-5)4-1-6(11)9-2-4/h3-4H,1-2H2,(H,9,11). The van der Waals surface area contributed by atoms with Crippen molar-refractivity contribution >= 4 is 33.2 Å². The number of rotatable bonds is 1. The molecule has 2 heterocycles. The number of amides is 1. The van der Waals surface area contributed by atoms with Crippen LogP contribution in [0.5, 0.6) is 0 Å². The van der Waals surface area contributed by atoms with E-state index in [2.05, 4.69) is 26.2 Å². The minimum atomic E-state index is 0.131. The van der Waals surface area contributed by atoms with Gasteiger partial charge in [-0.1, -0.05) is 0 Å². The van der Waals surface area contributed by atoms with Crippen molar-refractivity contribution in [3.05, 3.63) is 15.0 Å². The molecule has 1 unspecified atom stereocenters. The monoisotopic (exact) mass is 246 g/mol. The van der Waals surface area contributed by atoms with Crippen LogP contribution < -0.4 is 5.32 Å². The second-order valence-corrected chi connectivity index (χ2v) is 5.15. The summed E-state index contributed by atoms with van der Waals surface area (Å²) in [7, 11) is 0. The number of hydrogen-bond acceptors (Lipinski definition) is 3. The van der Waals surface area contributed by atoms with E-state index >= 15 is 0 Å². The van der Waals surface area contributed by atoms with Gasteiger partial charge in [0.1, 0.15) is 0 Å². The summed E-state index contributed by atoms with van der Waals surface area (Å²) in [6, 6.07) is 0. The minimum Gasteiger partial charge on any atom is -0.355 e. The van der Waals surface area contributed by atoms with Crippen LogP contribution in [0.25, 0.3) is 0 Å². The summed E-state index contributed by atoms with van der Waals surface area (Å²) in [5.41, 5.74) is 0. The van der Waals surface area contributed by atoms with E-state index in [-0.39, 0.29) is 11.8 Å². The van der Waals surface area contributed by atoms with Crippen molar-refractivity contribution in [1.82, 2.24) is 10.3 Å². The zero-order valence-electron chi connectivity index (χ0n) is 6.21. The molecular weight excluding hydrogens is 240 g/mol. The summed E-state index contributed by atoms with van der Waals surface area (Å²) in [5.74, 6) is 0.417. The second kappa shape index (κ2) is 3.14. The van der Waals surface area contributed by atoms with Crippen molar-refractivity contribution in [1.29, 1.82) is 0 Å². The van der Waals surface area contributed by atoms with Crippen LogP contribution in [0, 0.1) is 0 Å². The first-order chi connectivity index (χ1) is 5.75. The van der Waals surface area contributed by atoms with E-state index in [1.54, 1.807) is 17.5 Å². The van der Waals surface area contributed by atoms with E-state index in [1.807, 2.05) is 0 Å². The molecule has 1 saturated heterocycles. The fourth-order valence-electron chi connectivity index (χ4n) is 1.24. The molecule has 2 rings (SSSR count). The van der Waals surface area contributed by atoms with Crippen molar-refractivity contribution in [2.45, 2.75) is 12.3 Å². The van der Waals surface area contributed by atoms with Gasteiger partial charge >= 0.3 is 0 Å². The van der Waals surface area contributed by atoms with Crippen molar-refractivity contribution < 1.29 is 4.79 Å². The Balaban J connectivity index is 2.15. The molecule has 1 aliphatic rings. The van der Waals surface area contributed by atoms with Gasteiger partial charge in [0.15, 0.2) is 0 Å². The van der Waals surface area contributed by atoms with E-state index in [0.717, 1.165) is 15.3 Å². The van der Waals surface area contributed by atoms with Crippen LogP contribution in [-0.2, 0) is 4.79 Å². The Bertz CT molecular complexity index is 312. The Labute approximate surface area is 82.3 Å². The van der Waals surface area contributed by atoms with Gasteiger partial charge in [-0.3, -0.25) is 4.79 Å². The number of nitrogens with one attached hydrogen (secondary N) is 1. The van der Waals surface area contributed by atoms with Gasteiger partial charge in [0.05, 0.1) is 15.0 Å². The van der Waals surface area contributed by atoms with Crippen LogP contribution >= 0.6 is 27.3 Å². The molecule has 0 spiro atoms. The summed E-state index contributed by atoms with van der Waals surface area (Å²) in [4.78, 5) is 15.1. The molecule has 1 fully saturated rings. The van der Waals surface area contributed by atoms with Crippen molar-refractivity contribution in [3.8, 4) is 0 Å². The van der Waals surface area contributed by atoms with Crippen LogP contribution in [-0.4, -0.2) is 17.4 Å². The van der Waals surface area contributed by atoms with Gasteiger partial charge in [-0.05, 0) is 15.9 Å². The molecule has 0 saturated carbocycles. The third-order valence-electron chi connectivity index (χ3n) is 1.82. The number of hydrogen-bond donors (Lipinski definition) is 1. The van der Waals surface area contributed by atoms with Crippen molar-refractivity contribution in [2.75, 3.05) is 6.54 Å². The predicted molar refractivity (Wildman–Crippen MR) is 50.2 cm³/mol.